The molecule has 9 heteroatoms. The molecule has 4 radical (unpaired) electrons. The average molecular weight is 1100 g/mol. The van der Waals surface area contributed by atoms with Crippen molar-refractivity contribution in [1.29, 1.82) is 0 Å². The first-order valence-electron chi connectivity index (χ1n) is 4.45. The zero-order valence-electron chi connectivity index (χ0n) is 9.86. The van der Waals surface area contributed by atoms with Gasteiger partial charge >= 0.3 is 0 Å². The molecule has 1 fully saturated rings. The topological polar surface area (TPSA) is 93.7 Å². The van der Waals surface area contributed by atoms with Crippen molar-refractivity contribution >= 4 is 0 Å². The van der Waals surface area contributed by atoms with Crippen molar-refractivity contribution in [3.8, 4) is 0 Å². The monoisotopic (exact) mass is 1100 g/mol. The van der Waals surface area contributed by atoms with Gasteiger partial charge in [0.15, 0.2) is 0 Å². The Morgan fingerprint density at radius 3 is 1.82 bits per heavy atom. The van der Waals surface area contributed by atoms with Crippen LogP contribution in [-0.2, 0) is 4.74 Å². The van der Waals surface area contributed by atoms with Gasteiger partial charge in [-0.05, 0) is 6.42 Å². The van der Waals surface area contributed by atoms with Gasteiger partial charge in [0, 0.05) is 182 Å². The fraction of sp³-hybridized carbons (Fsp3) is 1.00. The number of aliphatic hydroxyl groups excluding tert-OH is 3. The van der Waals surface area contributed by atoms with Crippen molar-refractivity contribution in [3.05, 3.63) is 5.73 Å². The predicted octanol–water partition coefficient (Wildman–Crippen LogP) is -0.701. The number of ether oxygens (including phenoxy) is 1. The molecule has 5 atom stereocenters. The summed E-state index contributed by atoms with van der Waals surface area (Å²) in [4.78, 5) is 0. The van der Waals surface area contributed by atoms with Crippen LogP contribution in [0.15, 0.2) is 0 Å². The number of nitrogens with one attached hydrogen (secondary N) is 1. The first-order chi connectivity index (χ1) is 6.11. The molecule has 17 heavy (non-hydrogen) atoms. The van der Waals surface area contributed by atoms with E-state index in [-0.39, 0.29) is 183 Å². The maximum Gasteiger partial charge on any atom is 0.109 e. The Morgan fingerprint density at radius 2 is 1.47 bits per heavy atom. The molecule has 0 aliphatic carbocycles. The van der Waals surface area contributed by atoms with Gasteiger partial charge in [-0.15, -0.1) is 0 Å². The summed E-state index contributed by atoms with van der Waals surface area (Å²) in [6.45, 7) is 1.51. The molecule has 0 amide bonds. The molecule has 0 aromatic carbocycles. The largest absolute Gasteiger partial charge is 0.670 e. The minimum absolute atomic E-state index is 0. The van der Waals surface area contributed by atoms with Crippen LogP contribution in [0.3, 0.4) is 0 Å². The average Bonchev–Trinajstić information content (AvgIpc) is 2.15. The van der Waals surface area contributed by atoms with Gasteiger partial charge in [-0.25, -0.2) is 0 Å². The van der Waals surface area contributed by atoms with Crippen LogP contribution in [0.5, 0.6) is 0 Å². The molecule has 1 aliphatic heterocycles. The number of hydrogen-bond acceptors (Lipinski definition) is 4. The molecule has 1 heterocycles. The molecular weight excluding hydrogens is 1080 g/mol. The zero-order valence-corrected chi connectivity index (χ0v) is 28.8. The Balaban J connectivity index is -0.000000211. The van der Waals surface area contributed by atoms with Crippen LogP contribution in [0.25, 0.3) is 5.73 Å². The molecule has 1 rings (SSSR count). The summed E-state index contributed by atoms with van der Waals surface area (Å²) in [6.07, 6.45) is -2.86. The van der Waals surface area contributed by atoms with Crippen molar-refractivity contribution in [2.45, 2.75) is 43.8 Å². The second-order valence-corrected chi connectivity index (χ2v) is 3.31. The fourth-order valence-corrected chi connectivity index (χ4v) is 1.54. The third-order valence-corrected chi connectivity index (χ3v) is 2.43. The molecule has 1 aliphatic rings. The van der Waals surface area contributed by atoms with E-state index >= 15 is 0 Å². The molecule has 4 unspecified atom stereocenters. The Bertz CT molecular complexity index is 160. The standard InChI is InChI=1S/C8H16NO4.4Ac/c1-2-4-6(9)8(12)7(11)5(3-10)13-4;;;;/h4-12H,2-3H2,1H3;;;;/q-1;;;;/t4-,5?,6?,7?,8?;;;;/m1..../s1. The van der Waals surface area contributed by atoms with E-state index in [1.54, 1.807) is 0 Å². The Labute approximate surface area is 245 Å². The fourth-order valence-electron chi connectivity index (χ4n) is 1.54. The molecule has 0 aromatic heterocycles. The Morgan fingerprint density at radius 1 is 1.00 bits per heavy atom. The van der Waals surface area contributed by atoms with Gasteiger partial charge in [-0.1, -0.05) is 13.0 Å². The van der Waals surface area contributed by atoms with Crippen LogP contribution in [0.2, 0.25) is 0 Å². The maximum absolute atomic E-state index is 9.42. The molecule has 0 spiro atoms. The van der Waals surface area contributed by atoms with Crippen LogP contribution in [0.4, 0.5) is 0 Å². The number of hydrogen-bond donors (Lipinski definition) is 3. The molecule has 5 nitrogen and oxygen atoms in total. The molecule has 90 valence electrons. The van der Waals surface area contributed by atoms with Crippen LogP contribution in [-0.4, -0.2) is 52.4 Å². The minimum Gasteiger partial charge on any atom is -0.670 e. The minimum atomic E-state index is -1.16. The van der Waals surface area contributed by atoms with E-state index in [2.05, 4.69) is 0 Å². The van der Waals surface area contributed by atoms with Crippen LogP contribution in [0.1, 0.15) is 13.3 Å². The van der Waals surface area contributed by atoms with Crippen LogP contribution >= 0.6 is 0 Å². The quantitative estimate of drug-likeness (QED) is 0.342. The molecule has 4 N–H and O–H groups in total. The van der Waals surface area contributed by atoms with Crippen molar-refractivity contribution < 1.29 is 196 Å². The van der Waals surface area contributed by atoms with E-state index in [1.165, 1.54) is 0 Å². The van der Waals surface area contributed by atoms with Gasteiger partial charge in [-0.2, -0.15) is 0 Å². The SMILES string of the molecule is CC[C@H]1OC(CO)C(O)C(O)C1[NH-].[Ac].[Ac].[Ac].[Ac]. The molecule has 0 saturated carbocycles. The third kappa shape index (κ3) is 9.44. The summed E-state index contributed by atoms with van der Waals surface area (Å²) >= 11 is 0. The van der Waals surface area contributed by atoms with Gasteiger partial charge in [0.1, 0.15) is 12.2 Å². The van der Waals surface area contributed by atoms with Gasteiger partial charge in [0.25, 0.3) is 0 Å². The van der Waals surface area contributed by atoms with Crippen molar-refractivity contribution in [2.24, 2.45) is 0 Å². The van der Waals surface area contributed by atoms with Crippen LogP contribution < -0.4 is 0 Å². The number of aliphatic hydroxyl groups is 3. The van der Waals surface area contributed by atoms with Crippen molar-refractivity contribution in [2.75, 3.05) is 6.61 Å². The molecule has 0 bridgehead atoms. The summed E-state index contributed by atoms with van der Waals surface area (Å²) in [7, 11) is 0. The van der Waals surface area contributed by atoms with E-state index in [0.717, 1.165) is 0 Å². The molecular formula is C8H16Ac4NO4-. The predicted molar refractivity (Wildman–Crippen MR) is 46.2 cm³/mol. The third-order valence-electron chi connectivity index (χ3n) is 2.43. The summed E-state index contributed by atoms with van der Waals surface area (Å²) in [5, 5.41) is 27.6. The zero-order chi connectivity index (χ0) is 10.0. The first-order valence-corrected chi connectivity index (χ1v) is 4.45. The van der Waals surface area contributed by atoms with Gasteiger partial charge in [0.2, 0.25) is 0 Å². The Kier molecular flexibility index (Phi) is 29.4. The number of rotatable bonds is 2. The summed E-state index contributed by atoms with van der Waals surface area (Å²) < 4.78 is 5.23. The van der Waals surface area contributed by atoms with Crippen LogP contribution in [0, 0.1) is 176 Å². The van der Waals surface area contributed by atoms with Crippen molar-refractivity contribution in [1.82, 2.24) is 0 Å². The van der Waals surface area contributed by atoms with Gasteiger partial charge in [0.05, 0.1) is 12.7 Å². The Hall–Kier alpha value is 5.57. The normalized spacial score (nSPS) is 35.5. The molecule has 0 aromatic rings. The van der Waals surface area contributed by atoms with Gasteiger partial charge < -0.3 is 25.8 Å². The summed E-state index contributed by atoms with van der Waals surface area (Å²) in [5.41, 5.74) is 7.51. The van der Waals surface area contributed by atoms with E-state index in [0.29, 0.717) is 6.42 Å². The maximum atomic E-state index is 9.42. The summed E-state index contributed by atoms with van der Waals surface area (Å²) in [5.74, 6) is 0. The van der Waals surface area contributed by atoms with E-state index in [9.17, 15) is 10.2 Å². The van der Waals surface area contributed by atoms with E-state index < -0.39 is 30.5 Å². The second kappa shape index (κ2) is 16.4. The molecule has 1 saturated heterocycles. The van der Waals surface area contributed by atoms with Crippen molar-refractivity contribution in [3.63, 3.8) is 0 Å². The second-order valence-electron chi connectivity index (χ2n) is 3.31. The van der Waals surface area contributed by atoms with E-state index in [4.69, 9.17) is 15.6 Å². The first kappa shape index (κ1) is 30.4. The van der Waals surface area contributed by atoms with Gasteiger partial charge in [-0.3, -0.25) is 0 Å². The summed E-state index contributed by atoms with van der Waals surface area (Å²) in [6, 6.07) is -0.831. The smallest absolute Gasteiger partial charge is 0.109 e. The van der Waals surface area contributed by atoms with E-state index in [1.807, 2.05) is 6.92 Å².